The Kier molecular flexibility index (Phi) is 14.8. The van der Waals surface area contributed by atoms with Crippen molar-refractivity contribution < 1.29 is 33.8 Å². The lowest BCUT2D eigenvalue weighted by molar-refractivity contribution is -0.124. The van der Waals surface area contributed by atoms with Gasteiger partial charge in [-0.3, -0.25) is 9.59 Å². The number of benzene rings is 2. The Bertz CT molecular complexity index is 1210. The highest BCUT2D eigenvalue weighted by Gasteiger charge is 2.27. The molecule has 0 aliphatic heterocycles. The predicted octanol–water partition coefficient (Wildman–Crippen LogP) is 4.02. The van der Waals surface area contributed by atoms with Crippen LogP contribution in [0.2, 0.25) is 0 Å². The van der Waals surface area contributed by atoms with E-state index < -0.39 is 47.4 Å². The van der Waals surface area contributed by atoms with E-state index in [2.05, 4.69) is 21.3 Å². The Morgan fingerprint density at radius 1 is 0.667 bits per heavy atom. The van der Waals surface area contributed by atoms with E-state index in [0.29, 0.717) is 32.2 Å². The number of ether oxygens (including phenoxy) is 2. The van der Waals surface area contributed by atoms with Crippen LogP contribution in [0.4, 0.5) is 9.59 Å². The van der Waals surface area contributed by atoms with Gasteiger partial charge in [-0.1, -0.05) is 60.7 Å². The molecule has 2 aromatic carbocycles. The molecule has 5 N–H and O–H groups in total. The van der Waals surface area contributed by atoms with Crippen molar-refractivity contribution in [2.75, 3.05) is 13.2 Å². The number of rotatable bonds is 15. The van der Waals surface area contributed by atoms with Crippen molar-refractivity contribution in [3.05, 3.63) is 71.8 Å². The number of hydrogen-bond acceptors (Lipinski definition) is 7. The van der Waals surface area contributed by atoms with Crippen LogP contribution in [0, 0.1) is 0 Å². The molecule has 2 aromatic rings. The van der Waals surface area contributed by atoms with Gasteiger partial charge in [-0.25, -0.2) is 9.59 Å². The first-order chi connectivity index (χ1) is 21.1. The standard InChI is InChI=1S/C34H50N4O7/c1-33(2,3)44-31(42)37-27(21-24-15-9-7-10-16-24)29(40)35-20-14-13-19-26(23-39)36-30(41)28(22-25-17-11-8-12-18-25)38-32(43)45-34(4,5)6/h7-12,15-18,26-28,39H,13-14,19-23H2,1-6H3,(H,35,40)(H,36,41)(H,37,42)(H,38,43)/t26?,27-,28-/m0/s1. The van der Waals surface area contributed by atoms with Crippen LogP contribution < -0.4 is 21.3 Å². The summed E-state index contributed by atoms with van der Waals surface area (Å²) < 4.78 is 10.7. The molecule has 0 heterocycles. The van der Waals surface area contributed by atoms with E-state index in [4.69, 9.17) is 9.47 Å². The SMILES string of the molecule is CC(C)(C)OC(=O)N[C@@H](Cc1ccccc1)C(=O)NCCCCC(CO)NC(=O)[C@H](Cc1ccccc1)NC(=O)OC(C)(C)C. The molecule has 0 aromatic heterocycles. The minimum Gasteiger partial charge on any atom is -0.444 e. The Morgan fingerprint density at radius 3 is 1.53 bits per heavy atom. The maximum absolute atomic E-state index is 13.2. The van der Waals surface area contributed by atoms with Crippen LogP contribution in [0.15, 0.2) is 60.7 Å². The third-order valence-corrected chi connectivity index (χ3v) is 6.43. The topological polar surface area (TPSA) is 155 Å². The van der Waals surface area contributed by atoms with Gasteiger partial charge in [0.05, 0.1) is 12.6 Å². The molecule has 0 aliphatic rings. The quantitative estimate of drug-likeness (QED) is 0.187. The summed E-state index contributed by atoms with van der Waals surface area (Å²) in [6.07, 6.45) is 0.785. The Hall–Kier alpha value is -4.12. The van der Waals surface area contributed by atoms with Gasteiger partial charge in [-0.2, -0.15) is 0 Å². The second-order valence-electron chi connectivity index (χ2n) is 13.0. The molecule has 3 atom stereocenters. The number of amides is 4. The fraction of sp³-hybridized carbons (Fsp3) is 0.529. The number of alkyl carbamates (subject to hydrolysis) is 2. The molecule has 0 saturated carbocycles. The van der Waals surface area contributed by atoms with Crippen LogP contribution in [0.5, 0.6) is 0 Å². The number of carbonyl (C=O) groups is 4. The summed E-state index contributed by atoms with van der Waals surface area (Å²) in [6.45, 7) is 10.5. The average molecular weight is 627 g/mol. The highest BCUT2D eigenvalue weighted by atomic mass is 16.6. The van der Waals surface area contributed by atoms with Crippen molar-refractivity contribution in [3.63, 3.8) is 0 Å². The molecule has 11 heteroatoms. The fourth-order valence-electron chi connectivity index (χ4n) is 4.38. The monoisotopic (exact) mass is 626 g/mol. The Morgan fingerprint density at radius 2 is 1.11 bits per heavy atom. The van der Waals surface area contributed by atoms with E-state index >= 15 is 0 Å². The van der Waals surface area contributed by atoms with Gasteiger partial charge in [0, 0.05) is 19.4 Å². The molecular formula is C34H50N4O7. The number of nitrogens with one attached hydrogen (secondary N) is 4. The average Bonchev–Trinajstić information content (AvgIpc) is 2.94. The molecule has 0 bridgehead atoms. The van der Waals surface area contributed by atoms with Gasteiger partial charge >= 0.3 is 12.2 Å². The van der Waals surface area contributed by atoms with Crippen LogP contribution in [-0.2, 0) is 31.9 Å². The van der Waals surface area contributed by atoms with Crippen molar-refractivity contribution in [2.24, 2.45) is 0 Å². The minimum absolute atomic E-state index is 0.248. The first kappa shape index (κ1) is 37.1. The molecule has 0 radical (unpaired) electrons. The van der Waals surface area contributed by atoms with E-state index in [1.165, 1.54) is 0 Å². The lowest BCUT2D eigenvalue weighted by Crippen LogP contribution is -2.52. The van der Waals surface area contributed by atoms with Crippen molar-refractivity contribution in [1.29, 1.82) is 0 Å². The second-order valence-corrected chi connectivity index (χ2v) is 13.0. The van der Waals surface area contributed by atoms with Gasteiger partial charge in [-0.05, 0) is 71.9 Å². The maximum atomic E-state index is 13.2. The molecular weight excluding hydrogens is 576 g/mol. The normalized spacial score (nSPS) is 13.5. The maximum Gasteiger partial charge on any atom is 0.408 e. The lowest BCUT2D eigenvalue weighted by atomic mass is 10.0. The van der Waals surface area contributed by atoms with E-state index in [-0.39, 0.29) is 18.9 Å². The molecule has 0 spiro atoms. The van der Waals surface area contributed by atoms with Gasteiger partial charge in [-0.15, -0.1) is 0 Å². The number of aliphatic hydroxyl groups is 1. The van der Waals surface area contributed by atoms with Gasteiger partial charge in [0.25, 0.3) is 0 Å². The number of unbranched alkanes of at least 4 members (excludes halogenated alkanes) is 1. The zero-order valence-corrected chi connectivity index (χ0v) is 27.4. The van der Waals surface area contributed by atoms with Crippen LogP contribution in [0.3, 0.4) is 0 Å². The smallest absolute Gasteiger partial charge is 0.408 e. The van der Waals surface area contributed by atoms with E-state index in [1.54, 1.807) is 41.5 Å². The molecule has 4 amide bonds. The van der Waals surface area contributed by atoms with Crippen LogP contribution in [0.25, 0.3) is 0 Å². The van der Waals surface area contributed by atoms with Crippen molar-refractivity contribution in [1.82, 2.24) is 21.3 Å². The zero-order valence-electron chi connectivity index (χ0n) is 27.4. The molecule has 45 heavy (non-hydrogen) atoms. The summed E-state index contributed by atoms with van der Waals surface area (Å²) in [6, 6.07) is 16.4. The van der Waals surface area contributed by atoms with Crippen LogP contribution in [-0.4, -0.2) is 71.6 Å². The fourth-order valence-corrected chi connectivity index (χ4v) is 4.38. The number of carbonyl (C=O) groups excluding carboxylic acids is 4. The Labute approximate surface area is 266 Å². The van der Waals surface area contributed by atoms with E-state index in [1.807, 2.05) is 60.7 Å². The van der Waals surface area contributed by atoms with Crippen LogP contribution >= 0.6 is 0 Å². The molecule has 0 aliphatic carbocycles. The first-order valence-corrected chi connectivity index (χ1v) is 15.4. The molecule has 11 nitrogen and oxygen atoms in total. The molecule has 0 saturated heterocycles. The van der Waals surface area contributed by atoms with Gasteiger partial charge in [0.2, 0.25) is 11.8 Å². The molecule has 1 unspecified atom stereocenters. The molecule has 2 rings (SSSR count). The summed E-state index contributed by atoms with van der Waals surface area (Å²) in [5.41, 5.74) is 0.316. The van der Waals surface area contributed by atoms with Crippen molar-refractivity contribution in [3.8, 4) is 0 Å². The minimum atomic E-state index is -0.908. The summed E-state index contributed by atoms with van der Waals surface area (Å²) in [4.78, 5) is 51.1. The highest BCUT2D eigenvalue weighted by molar-refractivity contribution is 5.86. The number of hydrogen-bond donors (Lipinski definition) is 5. The lowest BCUT2D eigenvalue weighted by Gasteiger charge is -2.25. The summed E-state index contributed by atoms with van der Waals surface area (Å²) >= 11 is 0. The third kappa shape index (κ3) is 16.0. The van der Waals surface area contributed by atoms with Crippen molar-refractivity contribution in [2.45, 2.75) is 103 Å². The number of aliphatic hydroxyl groups excluding tert-OH is 1. The summed E-state index contributed by atoms with van der Waals surface area (Å²) in [5, 5.41) is 21.0. The summed E-state index contributed by atoms with van der Waals surface area (Å²) in [7, 11) is 0. The van der Waals surface area contributed by atoms with E-state index in [0.717, 1.165) is 11.1 Å². The molecule has 0 fully saturated rings. The summed E-state index contributed by atoms with van der Waals surface area (Å²) in [5.74, 6) is -0.775. The van der Waals surface area contributed by atoms with Gasteiger partial charge < -0.3 is 35.8 Å². The van der Waals surface area contributed by atoms with Crippen LogP contribution in [0.1, 0.15) is 71.9 Å². The molecule has 248 valence electrons. The highest BCUT2D eigenvalue weighted by Crippen LogP contribution is 2.11. The van der Waals surface area contributed by atoms with Gasteiger partial charge in [0.1, 0.15) is 23.3 Å². The first-order valence-electron chi connectivity index (χ1n) is 15.4. The van der Waals surface area contributed by atoms with Gasteiger partial charge in [0.15, 0.2) is 0 Å². The third-order valence-electron chi connectivity index (χ3n) is 6.43. The Balaban J connectivity index is 1.90. The predicted molar refractivity (Wildman–Crippen MR) is 172 cm³/mol. The second kappa shape index (κ2) is 18.0. The van der Waals surface area contributed by atoms with Crippen molar-refractivity contribution >= 4 is 24.0 Å². The largest absolute Gasteiger partial charge is 0.444 e. The zero-order chi connectivity index (χ0) is 33.5. The van der Waals surface area contributed by atoms with E-state index in [9.17, 15) is 24.3 Å².